The minimum atomic E-state index is -0.0726. The Kier molecular flexibility index (Phi) is 5.41. The molecule has 3 rings (SSSR count). The first-order valence-corrected chi connectivity index (χ1v) is 8.49. The largest absolute Gasteiger partial charge is 0.492 e. The second-order valence-corrected chi connectivity index (χ2v) is 6.39. The second kappa shape index (κ2) is 7.72. The van der Waals surface area contributed by atoms with E-state index in [2.05, 4.69) is 4.98 Å². The van der Waals surface area contributed by atoms with Crippen LogP contribution in [0, 0.1) is 0 Å². The SMILES string of the molecule is CN(CCOc1ccc(Cl)cc1)C(=O)c1ccc2nc(Cl)ccc2c1. The van der Waals surface area contributed by atoms with Gasteiger partial charge in [-0.15, -0.1) is 0 Å². The summed E-state index contributed by atoms with van der Waals surface area (Å²) in [4.78, 5) is 18.4. The summed E-state index contributed by atoms with van der Waals surface area (Å²) in [5.41, 5.74) is 1.36. The smallest absolute Gasteiger partial charge is 0.253 e. The molecule has 0 atom stereocenters. The van der Waals surface area contributed by atoms with Crippen molar-refractivity contribution in [3.63, 3.8) is 0 Å². The zero-order valence-corrected chi connectivity index (χ0v) is 15.1. The number of pyridine rings is 1. The van der Waals surface area contributed by atoms with Crippen LogP contribution in [0.3, 0.4) is 0 Å². The maximum atomic E-state index is 12.5. The van der Waals surface area contributed by atoms with E-state index in [4.69, 9.17) is 27.9 Å². The first kappa shape index (κ1) is 17.5. The zero-order valence-electron chi connectivity index (χ0n) is 13.6. The lowest BCUT2D eigenvalue weighted by Crippen LogP contribution is -2.30. The van der Waals surface area contributed by atoms with Crippen LogP contribution in [-0.4, -0.2) is 36.0 Å². The molecule has 0 fully saturated rings. The second-order valence-electron chi connectivity index (χ2n) is 5.57. The number of halogens is 2. The molecule has 0 aliphatic rings. The summed E-state index contributed by atoms with van der Waals surface area (Å²) in [6, 6.07) is 16.1. The van der Waals surface area contributed by atoms with Crippen LogP contribution in [0.2, 0.25) is 10.2 Å². The monoisotopic (exact) mass is 374 g/mol. The van der Waals surface area contributed by atoms with Crippen molar-refractivity contribution in [3.8, 4) is 5.75 Å². The fourth-order valence-corrected chi connectivity index (χ4v) is 2.67. The fourth-order valence-electron chi connectivity index (χ4n) is 2.39. The number of nitrogens with zero attached hydrogens (tertiary/aromatic N) is 2. The van der Waals surface area contributed by atoms with Crippen molar-refractivity contribution in [2.75, 3.05) is 20.2 Å². The van der Waals surface area contributed by atoms with E-state index in [1.54, 1.807) is 54.4 Å². The Hall–Kier alpha value is -2.30. The average molecular weight is 375 g/mol. The van der Waals surface area contributed by atoms with Crippen molar-refractivity contribution in [3.05, 3.63) is 70.3 Å². The van der Waals surface area contributed by atoms with Crippen molar-refractivity contribution in [1.29, 1.82) is 0 Å². The lowest BCUT2D eigenvalue weighted by Gasteiger charge is -2.18. The summed E-state index contributed by atoms with van der Waals surface area (Å²) in [7, 11) is 1.75. The van der Waals surface area contributed by atoms with Gasteiger partial charge in [-0.3, -0.25) is 4.79 Å². The van der Waals surface area contributed by atoms with Crippen LogP contribution in [0.15, 0.2) is 54.6 Å². The number of aromatic nitrogens is 1. The van der Waals surface area contributed by atoms with Gasteiger partial charge in [0.2, 0.25) is 0 Å². The molecule has 128 valence electrons. The predicted octanol–water partition coefficient (Wildman–Crippen LogP) is 4.69. The van der Waals surface area contributed by atoms with E-state index in [0.29, 0.717) is 28.9 Å². The predicted molar refractivity (Wildman–Crippen MR) is 101 cm³/mol. The van der Waals surface area contributed by atoms with Gasteiger partial charge in [0, 0.05) is 23.0 Å². The number of carbonyl (C=O) groups is 1. The number of ether oxygens (including phenoxy) is 1. The third kappa shape index (κ3) is 4.41. The Labute approximate surface area is 155 Å². The van der Waals surface area contributed by atoms with Gasteiger partial charge in [-0.2, -0.15) is 0 Å². The highest BCUT2D eigenvalue weighted by Gasteiger charge is 2.12. The molecule has 1 amide bonds. The van der Waals surface area contributed by atoms with Crippen LogP contribution in [0.5, 0.6) is 5.75 Å². The van der Waals surface area contributed by atoms with Crippen LogP contribution in [0.25, 0.3) is 10.9 Å². The van der Waals surface area contributed by atoms with Crippen molar-refractivity contribution in [1.82, 2.24) is 9.88 Å². The fraction of sp³-hybridized carbons (Fsp3) is 0.158. The van der Waals surface area contributed by atoms with Gasteiger partial charge in [-0.1, -0.05) is 23.2 Å². The van der Waals surface area contributed by atoms with E-state index in [0.717, 1.165) is 16.7 Å². The Bertz CT molecular complexity index is 898. The number of benzene rings is 2. The molecule has 0 radical (unpaired) electrons. The highest BCUT2D eigenvalue weighted by molar-refractivity contribution is 6.30. The van der Waals surface area contributed by atoms with Gasteiger partial charge < -0.3 is 9.64 Å². The molecule has 2 aromatic carbocycles. The molecule has 3 aromatic rings. The van der Waals surface area contributed by atoms with Gasteiger partial charge in [0.15, 0.2) is 0 Å². The van der Waals surface area contributed by atoms with Gasteiger partial charge >= 0.3 is 0 Å². The molecule has 4 nitrogen and oxygen atoms in total. The van der Waals surface area contributed by atoms with Crippen LogP contribution >= 0.6 is 23.2 Å². The van der Waals surface area contributed by atoms with Crippen molar-refractivity contribution in [2.45, 2.75) is 0 Å². The maximum Gasteiger partial charge on any atom is 0.253 e. The minimum absolute atomic E-state index is 0.0726. The minimum Gasteiger partial charge on any atom is -0.492 e. The summed E-state index contributed by atoms with van der Waals surface area (Å²) in [5.74, 6) is 0.649. The molecule has 1 heterocycles. The number of fused-ring (bicyclic) bond motifs is 1. The average Bonchev–Trinajstić information content (AvgIpc) is 2.62. The van der Waals surface area contributed by atoms with Gasteiger partial charge in [-0.25, -0.2) is 4.98 Å². The molecule has 0 saturated heterocycles. The van der Waals surface area contributed by atoms with E-state index < -0.39 is 0 Å². The molecule has 6 heteroatoms. The third-order valence-electron chi connectivity index (χ3n) is 3.76. The number of carbonyl (C=O) groups excluding carboxylic acids is 1. The van der Waals surface area contributed by atoms with Gasteiger partial charge in [0.25, 0.3) is 5.91 Å². The molecular formula is C19H16Cl2N2O2. The normalized spacial score (nSPS) is 10.7. The molecule has 0 aliphatic heterocycles. The van der Waals surface area contributed by atoms with Crippen LogP contribution in [0.4, 0.5) is 0 Å². The molecule has 0 N–H and O–H groups in total. The van der Waals surface area contributed by atoms with E-state index in [1.165, 1.54) is 0 Å². The van der Waals surface area contributed by atoms with Gasteiger partial charge in [0.05, 0.1) is 12.1 Å². The summed E-state index contributed by atoms with van der Waals surface area (Å²) < 4.78 is 5.62. The molecule has 0 unspecified atom stereocenters. The highest BCUT2D eigenvalue weighted by atomic mass is 35.5. The Balaban J connectivity index is 1.61. The summed E-state index contributed by atoms with van der Waals surface area (Å²) >= 11 is 11.7. The molecule has 0 saturated carbocycles. The molecule has 0 spiro atoms. The standard InChI is InChI=1S/C19H16Cl2N2O2/c1-23(10-11-25-16-6-4-15(20)5-7-16)19(24)14-2-8-17-13(12-14)3-9-18(21)22-17/h2-9,12H,10-11H2,1H3. The molecule has 0 aliphatic carbocycles. The highest BCUT2D eigenvalue weighted by Crippen LogP contribution is 2.18. The van der Waals surface area contributed by atoms with E-state index in [-0.39, 0.29) is 5.91 Å². The number of likely N-dealkylation sites (N-methyl/N-ethyl adjacent to an activating group) is 1. The quantitative estimate of drug-likeness (QED) is 0.608. The topological polar surface area (TPSA) is 42.4 Å². The molecule has 25 heavy (non-hydrogen) atoms. The number of hydrogen-bond donors (Lipinski definition) is 0. The Morgan fingerprint density at radius 2 is 1.84 bits per heavy atom. The van der Waals surface area contributed by atoms with Gasteiger partial charge in [-0.05, 0) is 54.6 Å². The van der Waals surface area contributed by atoms with Crippen LogP contribution in [-0.2, 0) is 0 Å². The van der Waals surface area contributed by atoms with Crippen LogP contribution < -0.4 is 4.74 Å². The maximum absolute atomic E-state index is 12.5. The first-order chi connectivity index (χ1) is 12.0. The number of amides is 1. The molecule has 0 bridgehead atoms. The lowest BCUT2D eigenvalue weighted by atomic mass is 10.1. The zero-order chi connectivity index (χ0) is 17.8. The van der Waals surface area contributed by atoms with Crippen LogP contribution in [0.1, 0.15) is 10.4 Å². The van der Waals surface area contributed by atoms with E-state index in [1.807, 2.05) is 12.1 Å². The van der Waals surface area contributed by atoms with E-state index in [9.17, 15) is 4.79 Å². The van der Waals surface area contributed by atoms with Crippen molar-refractivity contribution >= 4 is 40.0 Å². The summed E-state index contributed by atoms with van der Waals surface area (Å²) in [6.07, 6.45) is 0. The molecular weight excluding hydrogens is 359 g/mol. The van der Waals surface area contributed by atoms with Crippen molar-refractivity contribution in [2.24, 2.45) is 0 Å². The van der Waals surface area contributed by atoms with Crippen molar-refractivity contribution < 1.29 is 9.53 Å². The Morgan fingerprint density at radius 3 is 2.60 bits per heavy atom. The number of hydrogen-bond acceptors (Lipinski definition) is 3. The molecule has 1 aromatic heterocycles. The lowest BCUT2D eigenvalue weighted by molar-refractivity contribution is 0.0774. The number of rotatable bonds is 5. The Morgan fingerprint density at radius 1 is 1.08 bits per heavy atom. The summed E-state index contributed by atoms with van der Waals surface area (Å²) in [5, 5.41) is 1.97. The summed E-state index contributed by atoms with van der Waals surface area (Å²) in [6.45, 7) is 0.868. The third-order valence-corrected chi connectivity index (χ3v) is 4.22. The van der Waals surface area contributed by atoms with E-state index >= 15 is 0 Å². The first-order valence-electron chi connectivity index (χ1n) is 7.73. The van der Waals surface area contributed by atoms with Gasteiger partial charge in [0.1, 0.15) is 17.5 Å².